The average Bonchev–Trinajstić information content (AvgIpc) is 2.74. The van der Waals surface area contributed by atoms with Crippen molar-refractivity contribution in [2.24, 2.45) is 0 Å². The van der Waals surface area contributed by atoms with Crippen molar-refractivity contribution < 1.29 is 39.4 Å². The summed E-state index contributed by atoms with van der Waals surface area (Å²) in [7, 11) is 0. The SMILES string of the molecule is O=c1cc(-c2ccccc2O)oc2cc(OC3OC(CO)C(O)C(O)C3O)ccc12. The zero-order valence-electron chi connectivity index (χ0n) is 15.6. The third-order valence-electron chi connectivity index (χ3n) is 4.97. The summed E-state index contributed by atoms with van der Waals surface area (Å²) in [5.74, 6) is 0.272. The molecule has 5 N–H and O–H groups in total. The summed E-state index contributed by atoms with van der Waals surface area (Å²) in [6.45, 7) is -0.582. The fraction of sp³-hybridized carbons (Fsp3) is 0.286. The van der Waals surface area contributed by atoms with Crippen LogP contribution in [0, 0.1) is 0 Å². The van der Waals surface area contributed by atoms with E-state index >= 15 is 0 Å². The second kappa shape index (κ2) is 8.05. The maximum Gasteiger partial charge on any atom is 0.229 e. The first-order chi connectivity index (χ1) is 14.4. The van der Waals surface area contributed by atoms with Gasteiger partial charge in [-0.15, -0.1) is 0 Å². The van der Waals surface area contributed by atoms with Crippen molar-refractivity contribution in [2.45, 2.75) is 30.7 Å². The molecule has 1 saturated heterocycles. The predicted octanol–water partition coefficient (Wildman–Crippen LogP) is 0.344. The van der Waals surface area contributed by atoms with E-state index in [4.69, 9.17) is 13.9 Å². The Balaban J connectivity index is 1.68. The number of hydrogen-bond acceptors (Lipinski definition) is 9. The van der Waals surface area contributed by atoms with Crippen molar-refractivity contribution in [1.29, 1.82) is 0 Å². The smallest absolute Gasteiger partial charge is 0.229 e. The Morgan fingerprint density at radius 3 is 2.47 bits per heavy atom. The molecular formula is C21H20O9. The van der Waals surface area contributed by atoms with Crippen LogP contribution in [0.4, 0.5) is 0 Å². The van der Waals surface area contributed by atoms with Crippen molar-refractivity contribution in [3.8, 4) is 22.8 Å². The van der Waals surface area contributed by atoms with Gasteiger partial charge in [-0.1, -0.05) is 12.1 Å². The Hall–Kier alpha value is -2.95. The first kappa shape index (κ1) is 20.3. The van der Waals surface area contributed by atoms with Crippen molar-refractivity contribution >= 4 is 11.0 Å². The highest BCUT2D eigenvalue weighted by Gasteiger charge is 2.44. The van der Waals surface area contributed by atoms with E-state index in [1.165, 1.54) is 30.3 Å². The van der Waals surface area contributed by atoms with Crippen LogP contribution in [0.3, 0.4) is 0 Å². The summed E-state index contributed by atoms with van der Waals surface area (Å²) in [6, 6.07) is 12.0. The number of aliphatic hydroxyl groups excluding tert-OH is 4. The number of hydrogen-bond donors (Lipinski definition) is 5. The van der Waals surface area contributed by atoms with E-state index < -0.39 is 37.3 Å². The van der Waals surface area contributed by atoms with Gasteiger partial charge in [-0.2, -0.15) is 0 Å². The molecule has 0 bridgehead atoms. The zero-order valence-corrected chi connectivity index (χ0v) is 15.6. The summed E-state index contributed by atoms with van der Waals surface area (Å²) in [6.07, 6.45) is -7.13. The molecule has 5 atom stereocenters. The van der Waals surface area contributed by atoms with Gasteiger partial charge >= 0.3 is 0 Å². The number of phenolic OH excluding ortho intramolecular Hbond substituents is 1. The Bertz CT molecular complexity index is 1110. The Morgan fingerprint density at radius 2 is 1.73 bits per heavy atom. The lowest BCUT2D eigenvalue weighted by molar-refractivity contribution is -0.277. The number of para-hydroxylation sites is 1. The van der Waals surface area contributed by atoms with Gasteiger partial charge in [0.05, 0.1) is 17.6 Å². The van der Waals surface area contributed by atoms with Crippen LogP contribution in [0.15, 0.2) is 57.7 Å². The molecule has 1 aliphatic rings. The molecule has 0 spiro atoms. The topological polar surface area (TPSA) is 150 Å². The minimum absolute atomic E-state index is 0.0475. The first-order valence-electron chi connectivity index (χ1n) is 9.22. The summed E-state index contributed by atoms with van der Waals surface area (Å²) in [5.41, 5.74) is 0.188. The molecule has 1 aliphatic heterocycles. The summed E-state index contributed by atoms with van der Waals surface area (Å²) in [5, 5.41) is 49.4. The molecule has 0 saturated carbocycles. The summed E-state index contributed by atoms with van der Waals surface area (Å²) >= 11 is 0. The van der Waals surface area contributed by atoms with Crippen molar-refractivity contribution in [1.82, 2.24) is 0 Å². The number of ether oxygens (including phenoxy) is 2. The van der Waals surface area contributed by atoms with E-state index in [2.05, 4.69) is 0 Å². The third kappa shape index (κ3) is 3.64. The molecule has 158 valence electrons. The molecule has 2 heterocycles. The highest BCUT2D eigenvalue weighted by Crippen LogP contribution is 2.31. The predicted molar refractivity (Wildman–Crippen MR) is 104 cm³/mol. The van der Waals surface area contributed by atoms with Crippen LogP contribution in [0.2, 0.25) is 0 Å². The van der Waals surface area contributed by atoms with Gasteiger partial charge in [0.15, 0.2) is 5.43 Å². The largest absolute Gasteiger partial charge is 0.507 e. The number of fused-ring (bicyclic) bond motifs is 1. The second-order valence-corrected chi connectivity index (χ2v) is 6.97. The van der Waals surface area contributed by atoms with E-state index in [0.29, 0.717) is 5.56 Å². The lowest BCUT2D eigenvalue weighted by atomic mass is 9.99. The number of aliphatic hydroxyl groups is 4. The molecule has 1 fully saturated rings. The zero-order chi connectivity index (χ0) is 21.4. The Labute approximate surface area is 170 Å². The minimum Gasteiger partial charge on any atom is -0.507 e. The van der Waals surface area contributed by atoms with Crippen LogP contribution in [0.1, 0.15) is 0 Å². The standard InChI is InChI=1S/C21H20O9/c22-9-17-18(25)19(26)20(27)21(30-17)28-10-5-6-12-14(24)8-16(29-15(12)7-10)11-3-1-2-4-13(11)23/h1-8,17-23,25-27H,9H2. The molecule has 3 aromatic rings. The van der Waals surface area contributed by atoms with Crippen LogP contribution < -0.4 is 10.2 Å². The number of aromatic hydroxyl groups is 1. The van der Waals surface area contributed by atoms with Crippen LogP contribution in [-0.2, 0) is 4.74 Å². The van der Waals surface area contributed by atoms with Gasteiger partial charge in [0.25, 0.3) is 0 Å². The monoisotopic (exact) mass is 416 g/mol. The highest BCUT2D eigenvalue weighted by atomic mass is 16.7. The lowest BCUT2D eigenvalue weighted by Crippen LogP contribution is -2.60. The second-order valence-electron chi connectivity index (χ2n) is 6.97. The molecular weight excluding hydrogens is 396 g/mol. The molecule has 30 heavy (non-hydrogen) atoms. The van der Waals surface area contributed by atoms with Crippen molar-refractivity contribution in [3.63, 3.8) is 0 Å². The van der Waals surface area contributed by atoms with Crippen molar-refractivity contribution in [3.05, 3.63) is 58.8 Å². The van der Waals surface area contributed by atoms with E-state index in [1.807, 2.05) is 0 Å². The van der Waals surface area contributed by atoms with Crippen LogP contribution in [0.25, 0.3) is 22.3 Å². The van der Waals surface area contributed by atoms with E-state index in [1.54, 1.807) is 18.2 Å². The molecule has 5 unspecified atom stereocenters. The van der Waals surface area contributed by atoms with E-state index in [-0.39, 0.29) is 33.7 Å². The van der Waals surface area contributed by atoms with Crippen LogP contribution in [0.5, 0.6) is 11.5 Å². The maximum atomic E-state index is 12.5. The molecule has 9 nitrogen and oxygen atoms in total. The van der Waals surface area contributed by atoms with E-state index in [0.717, 1.165) is 0 Å². The molecule has 0 radical (unpaired) electrons. The number of phenols is 1. The molecule has 4 rings (SSSR count). The van der Waals surface area contributed by atoms with Crippen LogP contribution in [-0.4, -0.2) is 62.8 Å². The number of benzene rings is 2. The maximum absolute atomic E-state index is 12.5. The normalized spacial score (nSPS) is 26.6. The average molecular weight is 416 g/mol. The van der Waals surface area contributed by atoms with Gasteiger partial charge < -0.3 is 39.4 Å². The van der Waals surface area contributed by atoms with Gasteiger partial charge in [0.2, 0.25) is 6.29 Å². The van der Waals surface area contributed by atoms with Crippen LogP contribution >= 0.6 is 0 Å². The van der Waals surface area contributed by atoms with Gasteiger partial charge in [-0.3, -0.25) is 4.79 Å². The van der Waals surface area contributed by atoms with E-state index in [9.17, 15) is 30.3 Å². The lowest BCUT2D eigenvalue weighted by Gasteiger charge is -2.39. The van der Waals surface area contributed by atoms with Gasteiger partial charge in [-0.05, 0) is 24.3 Å². The van der Waals surface area contributed by atoms with Gasteiger partial charge in [-0.25, -0.2) is 0 Å². The minimum atomic E-state index is -1.58. The summed E-state index contributed by atoms with van der Waals surface area (Å²) in [4.78, 5) is 12.5. The molecule has 2 aromatic carbocycles. The quantitative estimate of drug-likeness (QED) is 0.406. The first-order valence-corrected chi connectivity index (χ1v) is 9.22. The Morgan fingerprint density at radius 1 is 0.967 bits per heavy atom. The van der Waals surface area contributed by atoms with Crippen molar-refractivity contribution in [2.75, 3.05) is 6.61 Å². The number of rotatable bonds is 4. The third-order valence-corrected chi connectivity index (χ3v) is 4.97. The molecule has 0 amide bonds. The van der Waals surface area contributed by atoms with Gasteiger partial charge in [0, 0.05) is 12.1 Å². The fourth-order valence-corrected chi connectivity index (χ4v) is 3.32. The highest BCUT2D eigenvalue weighted by molar-refractivity contribution is 5.80. The molecule has 1 aromatic heterocycles. The molecule has 9 heteroatoms. The fourth-order valence-electron chi connectivity index (χ4n) is 3.32. The summed E-state index contributed by atoms with van der Waals surface area (Å²) < 4.78 is 16.7. The Kier molecular flexibility index (Phi) is 5.46. The van der Waals surface area contributed by atoms with Gasteiger partial charge in [0.1, 0.15) is 47.3 Å². The molecule has 0 aliphatic carbocycles.